The highest BCUT2D eigenvalue weighted by Crippen LogP contribution is 2.38. The van der Waals surface area contributed by atoms with Crippen LogP contribution in [-0.2, 0) is 25.2 Å². The van der Waals surface area contributed by atoms with E-state index in [1.165, 1.54) is 7.11 Å². The number of methoxy groups -OCH3 is 1. The third kappa shape index (κ3) is 5.02. The summed E-state index contributed by atoms with van der Waals surface area (Å²) in [5.74, 6) is 0.873. The predicted octanol–water partition coefficient (Wildman–Crippen LogP) is 1.86. The van der Waals surface area contributed by atoms with Crippen molar-refractivity contribution in [1.82, 2.24) is 0 Å². The number of halogens is 7. The first-order chi connectivity index (χ1) is 13.5. The van der Waals surface area contributed by atoms with Crippen LogP contribution in [0.25, 0.3) is 11.0 Å². The molecule has 3 aromatic rings. The Morgan fingerprint density at radius 1 is 0.933 bits per heavy atom. The Labute approximate surface area is 174 Å². The third-order valence-corrected chi connectivity index (χ3v) is 4.52. The van der Waals surface area contributed by atoms with Gasteiger partial charge in [0.2, 0.25) is 0 Å². The molecule has 10 heteroatoms. The fourth-order valence-electron chi connectivity index (χ4n) is 3.21. The molecule has 0 radical (unpaired) electrons. The van der Waals surface area contributed by atoms with E-state index in [-0.39, 0.29) is 30.5 Å². The minimum absolute atomic E-state index is 0. The fourth-order valence-corrected chi connectivity index (χ4v) is 3.21. The summed E-state index contributed by atoms with van der Waals surface area (Å²) in [5, 5.41) is 0.700. The standard InChI is InChI=1S/C20H17F6NO2.ClH/c1-28-14-2-3-17-16(10-14)15(4-5-27)18(29-17)8-11-6-12(19(21,22)23)9-13(7-11)20(24,25)26;/h2-3,6-7,9-10H,4-5,8,27H2,1H3;1H. The maximum atomic E-state index is 13.1. The highest BCUT2D eigenvalue weighted by Gasteiger charge is 2.37. The van der Waals surface area contributed by atoms with Crippen LogP contribution in [0.1, 0.15) is 28.0 Å². The van der Waals surface area contributed by atoms with E-state index >= 15 is 0 Å². The van der Waals surface area contributed by atoms with Crippen LogP contribution >= 0.6 is 0 Å². The summed E-state index contributed by atoms with van der Waals surface area (Å²) in [6.45, 7) is 0.481. The largest absolute Gasteiger partial charge is 1.00 e. The highest BCUT2D eigenvalue weighted by molar-refractivity contribution is 5.84. The van der Waals surface area contributed by atoms with E-state index in [4.69, 9.17) is 9.15 Å². The van der Waals surface area contributed by atoms with Crippen molar-refractivity contribution in [2.75, 3.05) is 13.7 Å². The van der Waals surface area contributed by atoms with Gasteiger partial charge in [-0.2, -0.15) is 26.3 Å². The van der Waals surface area contributed by atoms with Crippen molar-refractivity contribution in [1.29, 1.82) is 0 Å². The van der Waals surface area contributed by atoms with Crippen molar-refractivity contribution in [2.24, 2.45) is 0 Å². The Hall–Kier alpha value is -2.39. The van der Waals surface area contributed by atoms with E-state index in [2.05, 4.69) is 5.73 Å². The Bertz CT molecular complexity index is 994. The molecule has 0 saturated carbocycles. The topological polar surface area (TPSA) is 50.0 Å². The van der Waals surface area contributed by atoms with Crippen molar-refractivity contribution in [3.8, 4) is 5.75 Å². The molecule has 3 nitrogen and oxygen atoms in total. The number of rotatable bonds is 5. The first-order valence-electron chi connectivity index (χ1n) is 8.69. The van der Waals surface area contributed by atoms with E-state index in [1.807, 2.05) is 0 Å². The van der Waals surface area contributed by atoms with Gasteiger partial charge in [-0.15, -0.1) is 0 Å². The van der Waals surface area contributed by atoms with Gasteiger partial charge in [-0.25, -0.2) is 0 Å². The van der Waals surface area contributed by atoms with Crippen LogP contribution < -0.4 is 22.9 Å². The van der Waals surface area contributed by atoms with E-state index in [0.717, 1.165) is 12.1 Å². The van der Waals surface area contributed by atoms with Crippen molar-refractivity contribution in [3.05, 3.63) is 64.4 Å². The van der Waals surface area contributed by atoms with Gasteiger partial charge in [0.05, 0.1) is 24.8 Å². The molecule has 1 aromatic heterocycles. The zero-order valence-corrected chi connectivity index (χ0v) is 16.5. The Balaban J connectivity index is 0.00000320. The first-order valence-corrected chi connectivity index (χ1v) is 8.69. The molecule has 0 aliphatic rings. The number of quaternary nitrogens is 1. The number of hydrogen-bond donors (Lipinski definition) is 1. The average molecular weight is 454 g/mol. The van der Waals surface area contributed by atoms with Crippen LogP contribution in [0.4, 0.5) is 26.3 Å². The van der Waals surface area contributed by atoms with Crippen LogP contribution in [0.2, 0.25) is 0 Å². The third-order valence-electron chi connectivity index (χ3n) is 4.52. The maximum Gasteiger partial charge on any atom is 0.416 e. The molecular formula is C20H18ClF6NO2. The molecule has 3 N–H and O–H groups in total. The van der Waals surface area contributed by atoms with Crippen LogP contribution in [0.3, 0.4) is 0 Å². The molecule has 30 heavy (non-hydrogen) atoms. The molecule has 0 bridgehead atoms. The molecule has 2 aromatic carbocycles. The Kier molecular flexibility index (Phi) is 6.98. The maximum absolute atomic E-state index is 13.1. The Morgan fingerprint density at radius 3 is 2.03 bits per heavy atom. The lowest BCUT2D eigenvalue weighted by Crippen LogP contribution is -3.00. The highest BCUT2D eigenvalue weighted by atomic mass is 35.5. The summed E-state index contributed by atoms with van der Waals surface area (Å²) in [6.07, 6.45) is -9.54. The fraction of sp³-hybridized carbons (Fsp3) is 0.300. The monoisotopic (exact) mass is 453 g/mol. The summed E-state index contributed by atoms with van der Waals surface area (Å²) in [5.41, 5.74) is 2.12. The zero-order chi connectivity index (χ0) is 21.4. The van der Waals surface area contributed by atoms with Gasteiger partial charge in [0.25, 0.3) is 0 Å². The summed E-state index contributed by atoms with van der Waals surface area (Å²) < 4.78 is 89.6. The number of fused-ring (bicyclic) bond motifs is 1. The predicted molar refractivity (Wildman–Crippen MR) is 93.5 cm³/mol. The summed E-state index contributed by atoms with van der Waals surface area (Å²) >= 11 is 0. The van der Waals surface area contributed by atoms with Crippen molar-refractivity contribution in [2.45, 2.75) is 25.2 Å². The molecular weight excluding hydrogens is 436 g/mol. The second kappa shape index (κ2) is 8.77. The second-order valence-electron chi connectivity index (χ2n) is 6.56. The molecule has 0 saturated heterocycles. The minimum atomic E-state index is -4.90. The second-order valence-corrected chi connectivity index (χ2v) is 6.56. The molecule has 3 rings (SSSR count). The minimum Gasteiger partial charge on any atom is -1.00 e. The molecule has 0 aliphatic heterocycles. The van der Waals surface area contributed by atoms with Gasteiger partial charge >= 0.3 is 12.4 Å². The van der Waals surface area contributed by atoms with Gasteiger partial charge in [-0.05, 0) is 42.0 Å². The van der Waals surface area contributed by atoms with Crippen LogP contribution in [-0.4, -0.2) is 13.7 Å². The summed E-state index contributed by atoms with van der Waals surface area (Å²) in [6, 6.07) is 6.59. The lowest BCUT2D eigenvalue weighted by atomic mass is 9.99. The number of furan rings is 1. The van der Waals surface area contributed by atoms with Gasteiger partial charge in [0.15, 0.2) is 0 Å². The van der Waals surface area contributed by atoms with E-state index < -0.39 is 23.5 Å². The molecule has 0 amide bonds. The quantitative estimate of drug-likeness (QED) is 0.600. The van der Waals surface area contributed by atoms with E-state index in [0.29, 0.717) is 41.0 Å². The average Bonchev–Trinajstić information content (AvgIpc) is 2.97. The molecule has 0 aliphatic carbocycles. The number of hydrogen-bond acceptors (Lipinski definition) is 2. The van der Waals surface area contributed by atoms with Gasteiger partial charge in [-0.1, -0.05) is 0 Å². The van der Waals surface area contributed by atoms with Crippen molar-refractivity contribution in [3.63, 3.8) is 0 Å². The lowest BCUT2D eigenvalue weighted by molar-refractivity contribution is -0.366. The number of alkyl halides is 6. The molecule has 0 unspecified atom stereocenters. The summed E-state index contributed by atoms with van der Waals surface area (Å²) in [4.78, 5) is 0. The van der Waals surface area contributed by atoms with Crippen molar-refractivity contribution < 1.29 is 53.6 Å². The smallest absolute Gasteiger partial charge is 0.416 e. The first kappa shape index (κ1) is 23.9. The molecule has 0 atom stereocenters. The van der Waals surface area contributed by atoms with Crippen molar-refractivity contribution >= 4 is 11.0 Å². The number of benzene rings is 2. The van der Waals surface area contributed by atoms with Crippen LogP contribution in [0.5, 0.6) is 5.75 Å². The molecule has 0 spiro atoms. The normalized spacial score (nSPS) is 12.1. The Morgan fingerprint density at radius 2 is 1.53 bits per heavy atom. The van der Waals surface area contributed by atoms with E-state index in [9.17, 15) is 26.3 Å². The summed E-state index contributed by atoms with van der Waals surface area (Å²) in [7, 11) is 1.49. The number of ether oxygens (including phenoxy) is 1. The molecule has 164 valence electrons. The van der Waals surface area contributed by atoms with E-state index in [1.54, 1.807) is 18.2 Å². The van der Waals surface area contributed by atoms with Gasteiger partial charge < -0.3 is 27.3 Å². The van der Waals surface area contributed by atoms with Crippen LogP contribution in [0.15, 0.2) is 40.8 Å². The van der Waals surface area contributed by atoms with Gasteiger partial charge in [0, 0.05) is 23.8 Å². The zero-order valence-electron chi connectivity index (χ0n) is 15.8. The van der Waals surface area contributed by atoms with Gasteiger partial charge in [-0.3, -0.25) is 0 Å². The lowest BCUT2D eigenvalue weighted by Gasteiger charge is -2.14. The molecule has 1 heterocycles. The SMILES string of the molecule is COc1ccc2oc(Cc3cc(C(F)(F)F)cc(C(F)(F)F)c3)c(CC[NH3+])c2c1.[Cl-]. The van der Waals surface area contributed by atoms with Crippen LogP contribution in [0, 0.1) is 0 Å². The molecule has 0 fully saturated rings. The van der Waals surface area contributed by atoms with Gasteiger partial charge in [0.1, 0.15) is 17.1 Å².